The monoisotopic (exact) mass is 484 g/mol. The lowest BCUT2D eigenvalue weighted by Crippen LogP contribution is -2.47. The van der Waals surface area contributed by atoms with Crippen LogP contribution in [0.5, 0.6) is 0 Å². The van der Waals surface area contributed by atoms with Gasteiger partial charge in [0, 0.05) is 44.4 Å². The maximum Gasteiger partial charge on any atom is 0.294 e. The van der Waals surface area contributed by atoms with Crippen LogP contribution in [0, 0.1) is 24.0 Å². The Labute approximate surface area is 209 Å². The van der Waals surface area contributed by atoms with E-state index in [9.17, 15) is 19.7 Å². The summed E-state index contributed by atoms with van der Waals surface area (Å²) in [5.74, 6) is -1.27. The smallest absolute Gasteiger partial charge is 0.294 e. The number of piperazine rings is 1. The number of amides is 2. The molecule has 2 amide bonds. The van der Waals surface area contributed by atoms with E-state index in [4.69, 9.17) is 0 Å². The highest BCUT2D eigenvalue weighted by Crippen LogP contribution is 2.38. The third-order valence-electron chi connectivity index (χ3n) is 7.30. The van der Waals surface area contributed by atoms with Crippen molar-refractivity contribution in [3.8, 4) is 0 Å². The van der Waals surface area contributed by atoms with Gasteiger partial charge in [-0.1, -0.05) is 42.5 Å². The molecular formula is C28H28N4O4. The minimum atomic E-state index is -0.574. The number of imide groups is 1. The van der Waals surface area contributed by atoms with E-state index >= 15 is 0 Å². The first-order chi connectivity index (χ1) is 17.3. The third kappa shape index (κ3) is 4.19. The zero-order valence-electron chi connectivity index (χ0n) is 20.4. The van der Waals surface area contributed by atoms with Crippen LogP contribution in [0.2, 0.25) is 0 Å². The SMILES string of the molecule is Cc1cccc(N2CCN(c3ccc(N4C(=O)C[C@H](c5ccccc5)C4=O)cc3[N+](=O)[O-])CC2)c1C. The second kappa shape index (κ2) is 9.45. The van der Waals surface area contributed by atoms with Crippen molar-refractivity contribution < 1.29 is 14.5 Å². The molecule has 1 atom stereocenters. The van der Waals surface area contributed by atoms with E-state index in [0.29, 0.717) is 18.8 Å². The molecule has 36 heavy (non-hydrogen) atoms. The summed E-state index contributed by atoms with van der Waals surface area (Å²) in [7, 11) is 0. The van der Waals surface area contributed by atoms with Gasteiger partial charge in [0.15, 0.2) is 0 Å². The number of nitro groups is 1. The molecule has 8 nitrogen and oxygen atoms in total. The van der Waals surface area contributed by atoms with Crippen molar-refractivity contribution in [2.24, 2.45) is 0 Å². The molecule has 2 aliphatic heterocycles. The van der Waals surface area contributed by atoms with E-state index in [1.165, 1.54) is 22.9 Å². The van der Waals surface area contributed by atoms with Crippen LogP contribution in [0.25, 0.3) is 0 Å². The third-order valence-corrected chi connectivity index (χ3v) is 7.30. The molecule has 3 aromatic carbocycles. The molecule has 0 N–H and O–H groups in total. The van der Waals surface area contributed by atoms with Gasteiger partial charge >= 0.3 is 0 Å². The lowest BCUT2D eigenvalue weighted by Gasteiger charge is -2.38. The molecular weight excluding hydrogens is 456 g/mol. The van der Waals surface area contributed by atoms with Crippen molar-refractivity contribution in [3.05, 3.63) is 93.5 Å². The Kier molecular flexibility index (Phi) is 6.18. The highest BCUT2D eigenvalue weighted by molar-refractivity contribution is 6.22. The number of anilines is 3. The average Bonchev–Trinajstić information content (AvgIpc) is 3.19. The van der Waals surface area contributed by atoms with Gasteiger partial charge in [-0.2, -0.15) is 0 Å². The van der Waals surface area contributed by atoms with E-state index in [-0.39, 0.29) is 29.6 Å². The molecule has 0 radical (unpaired) electrons. The minimum absolute atomic E-state index is 0.0543. The fourth-order valence-electron chi connectivity index (χ4n) is 5.18. The van der Waals surface area contributed by atoms with Gasteiger partial charge in [0.2, 0.25) is 11.8 Å². The number of carbonyl (C=O) groups excluding carboxylic acids is 2. The quantitative estimate of drug-likeness (QED) is 0.299. The van der Waals surface area contributed by atoms with Crippen molar-refractivity contribution in [3.63, 3.8) is 0 Å². The molecule has 0 spiro atoms. The van der Waals surface area contributed by atoms with Crippen LogP contribution in [-0.4, -0.2) is 42.9 Å². The summed E-state index contributed by atoms with van der Waals surface area (Å²) in [6.45, 7) is 6.95. The van der Waals surface area contributed by atoms with E-state index in [0.717, 1.165) is 23.6 Å². The van der Waals surface area contributed by atoms with Crippen LogP contribution in [0.3, 0.4) is 0 Å². The van der Waals surface area contributed by atoms with Gasteiger partial charge in [-0.3, -0.25) is 19.7 Å². The molecule has 0 aliphatic carbocycles. The zero-order chi connectivity index (χ0) is 25.4. The van der Waals surface area contributed by atoms with Crippen LogP contribution in [0.15, 0.2) is 66.7 Å². The Balaban J connectivity index is 1.37. The summed E-state index contributed by atoms with van der Waals surface area (Å²) in [5, 5.41) is 12.0. The van der Waals surface area contributed by atoms with Crippen molar-refractivity contribution in [2.45, 2.75) is 26.2 Å². The van der Waals surface area contributed by atoms with Crippen molar-refractivity contribution in [2.75, 3.05) is 40.9 Å². The Bertz CT molecular complexity index is 1330. The van der Waals surface area contributed by atoms with E-state index in [1.807, 2.05) is 35.2 Å². The van der Waals surface area contributed by atoms with E-state index in [1.54, 1.807) is 12.1 Å². The first kappa shape index (κ1) is 23.5. The van der Waals surface area contributed by atoms with Crippen molar-refractivity contribution >= 4 is 34.6 Å². The van der Waals surface area contributed by atoms with Gasteiger partial charge in [0.25, 0.3) is 5.69 Å². The van der Waals surface area contributed by atoms with Crippen LogP contribution in [0.1, 0.15) is 29.0 Å². The Hall–Kier alpha value is -4.20. The lowest BCUT2D eigenvalue weighted by atomic mass is 9.98. The van der Waals surface area contributed by atoms with Crippen molar-refractivity contribution in [1.82, 2.24) is 0 Å². The molecule has 0 bridgehead atoms. The maximum absolute atomic E-state index is 13.1. The second-order valence-electron chi connectivity index (χ2n) is 9.36. The number of nitrogens with zero attached hydrogens (tertiary/aromatic N) is 4. The van der Waals surface area contributed by atoms with Crippen molar-refractivity contribution in [1.29, 1.82) is 0 Å². The second-order valence-corrected chi connectivity index (χ2v) is 9.36. The molecule has 184 valence electrons. The number of benzene rings is 3. The molecule has 0 aromatic heterocycles. The molecule has 0 saturated carbocycles. The number of nitro benzene ring substituents is 1. The predicted molar refractivity (Wildman–Crippen MR) is 140 cm³/mol. The van der Waals surface area contributed by atoms with E-state index < -0.39 is 10.8 Å². The highest BCUT2D eigenvalue weighted by atomic mass is 16.6. The lowest BCUT2D eigenvalue weighted by molar-refractivity contribution is -0.384. The first-order valence-corrected chi connectivity index (χ1v) is 12.1. The van der Waals surface area contributed by atoms with E-state index in [2.05, 4.69) is 36.9 Å². The Morgan fingerprint density at radius 1 is 0.833 bits per heavy atom. The maximum atomic E-state index is 13.1. The normalized spacial score (nSPS) is 18.2. The summed E-state index contributed by atoms with van der Waals surface area (Å²) in [5.41, 5.74) is 5.09. The fourth-order valence-corrected chi connectivity index (χ4v) is 5.18. The van der Waals surface area contributed by atoms with Crippen LogP contribution in [-0.2, 0) is 9.59 Å². The predicted octanol–water partition coefficient (Wildman–Crippen LogP) is 4.59. The van der Waals surface area contributed by atoms with Gasteiger partial charge in [0.05, 0.1) is 16.5 Å². The molecule has 5 rings (SSSR count). The molecule has 8 heteroatoms. The van der Waals surface area contributed by atoms with Gasteiger partial charge in [-0.15, -0.1) is 0 Å². The standard InChI is InChI=1S/C28H28N4O4/c1-19-7-6-10-24(20(19)2)29-13-15-30(16-14-29)25-12-11-22(17-26(25)32(35)36)31-27(33)18-23(28(31)34)21-8-4-3-5-9-21/h3-12,17,23H,13-16,18H2,1-2H3/t23-/m1/s1. The number of rotatable bonds is 5. The molecule has 2 heterocycles. The van der Waals surface area contributed by atoms with Crippen LogP contribution >= 0.6 is 0 Å². The Morgan fingerprint density at radius 3 is 2.17 bits per heavy atom. The summed E-state index contributed by atoms with van der Waals surface area (Å²) in [4.78, 5) is 42.9. The topological polar surface area (TPSA) is 87.0 Å². The Morgan fingerprint density at radius 2 is 1.50 bits per heavy atom. The molecule has 2 saturated heterocycles. The van der Waals surface area contributed by atoms with Gasteiger partial charge in [-0.05, 0) is 48.7 Å². The van der Waals surface area contributed by atoms with Gasteiger partial charge in [-0.25, -0.2) is 4.90 Å². The van der Waals surface area contributed by atoms with Crippen LogP contribution in [0.4, 0.5) is 22.7 Å². The number of aryl methyl sites for hydroxylation is 1. The largest absolute Gasteiger partial charge is 0.368 e. The molecule has 3 aromatic rings. The number of carbonyl (C=O) groups is 2. The number of hydrogen-bond donors (Lipinski definition) is 0. The molecule has 0 unspecified atom stereocenters. The van der Waals surface area contributed by atoms with Gasteiger partial charge < -0.3 is 9.80 Å². The average molecular weight is 485 g/mol. The first-order valence-electron chi connectivity index (χ1n) is 12.1. The number of hydrogen-bond acceptors (Lipinski definition) is 6. The summed E-state index contributed by atoms with van der Waals surface area (Å²) in [6, 6.07) is 20.1. The van der Waals surface area contributed by atoms with Gasteiger partial charge in [0.1, 0.15) is 5.69 Å². The summed E-state index contributed by atoms with van der Waals surface area (Å²) in [6.07, 6.45) is 0.0543. The van der Waals surface area contributed by atoms with Crippen LogP contribution < -0.4 is 14.7 Å². The molecule has 2 fully saturated rings. The summed E-state index contributed by atoms with van der Waals surface area (Å²) >= 11 is 0. The molecule has 2 aliphatic rings. The zero-order valence-corrected chi connectivity index (χ0v) is 20.4. The minimum Gasteiger partial charge on any atom is -0.368 e. The fraction of sp³-hybridized carbons (Fsp3) is 0.286. The highest BCUT2D eigenvalue weighted by Gasteiger charge is 2.41. The summed E-state index contributed by atoms with van der Waals surface area (Å²) < 4.78 is 0.